The first kappa shape index (κ1) is 16.0. The van der Waals surface area contributed by atoms with Crippen molar-refractivity contribution in [1.82, 2.24) is 0 Å². The van der Waals surface area contributed by atoms with Crippen molar-refractivity contribution in [2.75, 3.05) is 13.7 Å². The van der Waals surface area contributed by atoms with Gasteiger partial charge in [0.1, 0.15) is 11.5 Å². The fourth-order valence-corrected chi connectivity index (χ4v) is 2.43. The summed E-state index contributed by atoms with van der Waals surface area (Å²) < 4.78 is 10.8. The second kappa shape index (κ2) is 7.57. The van der Waals surface area contributed by atoms with Gasteiger partial charge in [-0.15, -0.1) is 0 Å². The van der Waals surface area contributed by atoms with E-state index in [0.29, 0.717) is 0 Å². The molecule has 24 heavy (non-hydrogen) atoms. The molecule has 0 saturated carbocycles. The minimum Gasteiger partial charge on any atom is -0.497 e. The first-order valence-electron chi connectivity index (χ1n) is 8.11. The Morgan fingerprint density at radius 1 is 0.750 bits per heavy atom. The molecule has 0 spiro atoms. The van der Waals surface area contributed by atoms with E-state index in [-0.39, 0.29) is 0 Å². The number of hydrogen-bond donors (Lipinski definition) is 0. The molecule has 0 radical (unpaired) electrons. The van der Waals surface area contributed by atoms with Gasteiger partial charge in [-0.05, 0) is 65.7 Å². The Kier molecular flexibility index (Phi) is 5.03. The maximum atomic E-state index is 5.58. The predicted octanol–water partition coefficient (Wildman–Crippen LogP) is 5.04. The molecule has 3 aromatic rings. The van der Waals surface area contributed by atoms with Crippen LogP contribution in [0.15, 0.2) is 60.7 Å². The van der Waals surface area contributed by atoms with Crippen LogP contribution in [0.5, 0.6) is 11.5 Å². The predicted molar refractivity (Wildman–Crippen MR) is 98.7 cm³/mol. The van der Waals surface area contributed by atoms with E-state index in [1.165, 1.54) is 0 Å². The third-order valence-corrected chi connectivity index (χ3v) is 3.73. The lowest BCUT2D eigenvalue weighted by atomic mass is 10.1. The van der Waals surface area contributed by atoms with Gasteiger partial charge in [0.05, 0.1) is 13.7 Å². The smallest absolute Gasteiger partial charge is 0.119 e. The quantitative estimate of drug-likeness (QED) is 0.628. The molecule has 0 aromatic heterocycles. The summed E-state index contributed by atoms with van der Waals surface area (Å²) in [6, 6.07) is 20.2. The molecule has 0 aliphatic heterocycles. The van der Waals surface area contributed by atoms with Crippen LogP contribution in [-0.4, -0.2) is 13.7 Å². The lowest BCUT2D eigenvalue weighted by Gasteiger charge is -2.03. The van der Waals surface area contributed by atoms with Crippen molar-refractivity contribution in [3.05, 3.63) is 71.8 Å². The Balaban J connectivity index is 1.78. The minimum atomic E-state index is 0.743. The number of ether oxygens (including phenoxy) is 2. The number of hydrogen-bond acceptors (Lipinski definition) is 2. The lowest BCUT2D eigenvalue weighted by molar-refractivity contribution is 0.317. The zero-order valence-corrected chi connectivity index (χ0v) is 14.0. The standard InChI is InChI=1S/C22H20O2/c1-3-14-24-21-11-7-17(8-12-21)4-5-18-6-9-20-16-22(23-2)13-10-19(20)15-18/h6-13,15-16H,3,14H2,1-2H3. The number of fused-ring (bicyclic) bond motifs is 1. The first-order chi connectivity index (χ1) is 11.8. The summed E-state index contributed by atoms with van der Waals surface area (Å²) in [6.07, 6.45) is 1.01. The Morgan fingerprint density at radius 3 is 2.12 bits per heavy atom. The summed E-state index contributed by atoms with van der Waals surface area (Å²) in [5, 5.41) is 2.31. The largest absolute Gasteiger partial charge is 0.497 e. The molecule has 2 heteroatoms. The zero-order chi connectivity index (χ0) is 16.8. The molecule has 0 unspecified atom stereocenters. The van der Waals surface area contributed by atoms with Gasteiger partial charge in [-0.2, -0.15) is 0 Å². The van der Waals surface area contributed by atoms with Crippen LogP contribution in [0.2, 0.25) is 0 Å². The molecule has 0 amide bonds. The van der Waals surface area contributed by atoms with Crippen LogP contribution in [0.4, 0.5) is 0 Å². The molecular weight excluding hydrogens is 296 g/mol. The van der Waals surface area contributed by atoms with Gasteiger partial charge in [0.25, 0.3) is 0 Å². The molecule has 3 aromatic carbocycles. The van der Waals surface area contributed by atoms with Crippen molar-refractivity contribution >= 4 is 10.8 Å². The normalized spacial score (nSPS) is 10.1. The van der Waals surface area contributed by atoms with Gasteiger partial charge in [0.2, 0.25) is 0 Å². The monoisotopic (exact) mass is 316 g/mol. The highest BCUT2D eigenvalue weighted by molar-refractivity contribution is 5.85. The Bertz CT molecular complexity index is 883. The highest BCUT2D eigenvalue weighted by Gasteiger charge is 1.98. The number of benzene rings is 3. The maximum absolute atomic E-state index is 5.58. The van der Waals surface area contributed by atoms with Crippen molar-refractivity contribution in [1.29, 1.82) is 0 Å². The van der Waals surface area contributed by atoms with Gasteiger partial charge in [-0.25, -0.2) is 0 Å². The molecule has 2 nitrogen and oxygen atoms in total. The minimum absolute atomic E-state index is 0.743. The Morgan fingerprint density at radius 2 is 1.38 bits per heavy atom. The third-order valence-electron chi connectivity index (χ3n) is 3.73. The van der Waals surface area contributed by atoms with Crippen LogP contribution < -0.4 is 9.47 Å². The van der Waals surface area contributed by atoms with Gasteiger partial charge in [0.15, 0.2) is 0 Å². The highest BCUT2D eigenvalue weighted by atomic mass is 16.5. The molecule has 0 atom stereocenters. The van der Waals surface area contributed by atoms with Crippen LogP contribution in [0, 0.1) is 11.8 Å². The first-order valence-corrected chi connectivity index (χ1v) is 8.11. The Hall–Kier alpha value is -2.92. The van der Waals surface area contributed by atoms with E-state index >= 15 is 0 Å². The van der Waals surface area contributed by atoms with Crippen molar-refractivity contribution in [2.24, 2.45) is 0 Å². The number of methoxy groups -OCH3 is 1. The molecule has 0 aliphatic carbocycles. The SMILES string of the molecule is CCCOc1ccc(C#Cc2ccc3cc(OC)ccc3c2)cc1. The summed E-state index contributed by atoms with van der Waals surface area (Å²) in [5.74, 6) is 8.18. The molecule has 3 rings (SSSR count). The van der Waals surface area contributed by atoms with Crippen LogP contribution in [0.3, 0.4) is 0 Å². The Labute approximate surface area is 143 Å². The molecule has 0 fully saturated rings. The second-order valence-corrected chi connectivity index (χ2v) is 5.55. The van der Waals surface area contributed by atoms with E-state index in [1.54, 1.807) is 7.11 Å². The van der Waals surface area contributed by atoms with Gasteiger partial charge in [-0.1, -0.05) is 30.9 Å². The fourth-order valence-electron chi connectivity index (χ4n) is 2.43. The van der Waals surface area contributed by atoms with Crippen LogP contribution in [0.25, 0.3) is 10.8 Å². The van der Waals surface area contributed by atoms with Crippen LogP contribution in [-0.2, 0) is 0 Å². The van der Waals surface area contributed by atoms with Gasteiger partial charge < -0.3 is 9.47 Å². The van der Waals surface area contributed by atoms with E-state index in [4.69, 9.17) is 9.47 Å². The van der Waals surface area contributed by atoms with Crippen LogP contribution in [0.1, 0.15) is 24.5 Å². The maximum Gasteiger partial charge on any atom is 0.119 e. The van der Waals surface area contributed by atoms with Gasteiger partial charge >= 0.3 is 0 Å². The molecule has 0 aliphatic rings. The molecule has 0 heterocycles. The van der Waals surface area contributed by atoms with E-state index in [1.807, 2.05) is 42.5 Å². The molecule has 120 valence electrons. The average Bonchev–Trinajstić information content (AvgIpc) is 2.65. The summed E-state index contributed by atoms with van der Waals surface area (Å²) >= 11 is 0. The summed E-state index contributed by atoms with van der Waals surface area (Å²) in [4.78, 5) is 0. The van der Waals surface area contributed by atoms with Crippen LogP contribution >= 0.6 is 0 Å². The van der Waals surface area contributed by atoms with Crippen molar-refractivity contribution in [2.45, 2.75) is 13.3 Å². The van der Waals surface area contributed by atoms with E-state index < -0.39 is 0 Å². The average molecular weight is 316 g/mol. The van der Waals surface area contributed by atoms with Gasteiger partial charge in [0, 0.05) is 11.1 Å². The highest BCUT2D eigenvalue weighted by Crippen LogP contribution is 2.21. The summed E-state index contributed by atoms with van der Waals surface area (Å²) in [7, 11) is 1.68. The van der Waals surface area contributed by atoms with Gasteiger partial charge in [-0.3, -0.25) is 0 Å². The molecule has 0 bridgehead atoms. The second-order valence-electron chi connectivity index (χ2n) is 5.55. The van der Waals surface area contributed by atoms with E-state index in [2.05, 4.69) is 37.0 Å². The topological polar surface area (TPSA) is 18.5 Å². The zero-order valence-electron chi connectivity index (χ0n) is 14.0. The van der Waals surface area contributed by atoms with Crippen molar-refractivity contribution in [3.63, 3.8) is 0 Å². The van der Waals surface area contributed by atoms with Crippen molar-refractivity contribution in [3.8, 4) is 23.3 Å². The molecule has 0 N–H and O–H groups in total. The summed E-state index contributed by atoms with van der Waals surface area (Å²) in [5.41, 5.74) is 1.98. The number of rotatable bonds is 4. The molecule has 0 saturated heterocycles. The lowest BCUT2D eigenvalue weighted by Crippen LogP contribution is -1.94. The van der Waals surface area contributed by atoms with E-state index in [9.17, 15) is 0 Å². The third kappa shape index (κ3) is 3.88. The van der Waals surface area contributed by atoms with E-state index in [0.717, 1.165) is 46.4 Å². The fraction of sp³-hybridized carbons (Fsp3) is 0.182. The van der Waals surface area contributed by atoms with Crippen molar-refractivity contribution < 1.29 is 9.47 Å². The summed E-state index contributed by atoms with van der Waals surface area (Å²) in [6.45, 7) is 2.84. The molecular formula is C22H20O2.